The van der Waals surface area contributed by atoms with Crippen molar-refractivity contribution in [1.82, 2.24) is 14.5 Å². The second kappa shape index (κ2) is 8.80. The SMILES string of the molecule is O=C(CSc1nc(=O)n(Cc2cccnc2)c2c1CCC2)Nc1ccc(Cl)cc1. The lowest BCUT2D eigenvalue weighted by atomic mass is 10.2. The zero-order valence-electron chi connectivity index (χ0n) is 15.6. The van der Waals surface area contributed by atoms with E-state index in [0.29, 0.717) is 22.3 Å². The third-order valence-corrected chi connectivity index (χ3v) is 6.00. The van der Waals surface area contributed by atoms with Crippen LogP contribution in [0.15, 0.2) is 58.6 Å². The van der Waals surface area contributed by atoms with E-state index in [2.05, 4.69) is 15.3 Å². The summed E-state index contributed by atoms with van der Waals surface area (Å²) in [6.07, 6.45) is 6.17. The lowest BCUT2D eigenvalue weighted by molar-refractivity contribution is -0.113. The molecule has 0 radical (unpaired) electrons. The summed E-state index contributed by atoms with van der Waals surface area (Å²) in [5, 5.41) is 4.11. The third kappa shape index (κ3) is 4.68. The molecule has 0 aliphatic heterocycles. The van der Waals surface area contributed by atoms with Crippen LogP contribution in [-0.2, 0) is 24.2 Å². The van der Waals surface area contributed by atoms with Gasteiger partial charge in [-0.1, -0.05) is 29.4 Å². The van der Waals surface area contributed by atoms with Crippen LogP contribution in [0.4, 0.5) is 5.69 Å². The van der Waals surface area contributed by atoms with E-state index in [1.807, 2.05) is 12.1 Å². The standard InChI is InChI=1S/C21H19ClN4O2S/c22-15-6-8-16(9-7-15)24-19(27)13-29-20-17-4-1-5-18(17)26(21(28)25-20)12-14-3-2-10-23-11-14/h2-3,6-11H,1,4-5,12-13H2,(H,24,27). The number of fused-ring (bicyclic) bond motifs is 1. The van der Waals surface area contributed by atoms with E-state index in [1.54, 1.807) is 41.2 Å². The first-order chi connectivity index (χ1) is 14.1. The lowest BCUT2D eigenvalue weighted by Crippen LogP contribution is -2.28. The second-order valence-corrected chi connectivity index (χ2v) is 8.17. The number of benzene rings is 1. The maximum absolute atomic E-state index is 12.7. The Bertz CT molecular complexity index is 1080. The van der Waals surface area contributed by atoms with Gasteiger partial charge in [0.2, 0.25) is 5.91 Å². The fourth-order valence-electron chi connectivity index (χ4n) is 3.41. The zero-order chi connectivity index (χ0) is 20.2. The average Bonchev–Trinajstić information content (AvgIpc) is 3.21. The van der Waals surface area contributed by atoms with E-state index in [4.69, 9.17) is 11.6 Å². The van der Waals surface area contributed by atoms with Gasteiger partial charge < -0.3 is 5.32 Å². The topological polar surface area (TPSA) is 76.9 Å². The highest BCUT2D eigenvalue weighted by Crippen LogP contribution is 2.29. The molecule has 0 saturated carbocycles. The molecule has 148 valence electrons. The van der Waals surface area contributed by atoms with Gasteiger partial charge in [-0.25, -0.2) is 4.79 Å². The predicted molar refractivity (Wildman–Crippen MR) is 115 cm³/mol. The minimum Gasteiger partial charge on any atom is -0.325 e. The molecule has 1 aromatic carbocycles. The molecule has 2 aromatic heterocycles. The number of amides is 1. The molecular formula is C21H19ClN4O2S. The number of hydrogen-bond donors (Lipinski definition) is 1. The first kappa shape index (κ1) is 19.7. The minimum atomic E-state index is -0.282. The predicted octanol–water partition coefficient (Wildman–Crippen LogP) is 3.56. The van der Waals surface area contributed by atoms with Crippen molar-refractivity contribution in [1.29, 1.82) is 0 Å². The number of thioether (sulfide) groups is 1. The number of hydrogen-bond acceptors (Lipinski definition) is 5. The Labute approximate surface area is 177 Å². The van der Waals surface area contributed by atoms with Crippen LogP contribution in [0.1, 0.15) is 23.2 Å². The number of carbonyl (C=O) groups is 1. The van der Waals surface area contributed by atoms with Crippen LogP contribution < -0.4 is 11.0 Å². The van der Waals surface area contributed by atoms with Crippen molar-refractivity contribution in [2.75, 3.05) is 11.1 Å². The van der Waals surface area contributed by atoms with Gasteiger partial charge in [0.15, 0.2) is 0 Å². The van der Waals surface area contributed by atoms with Crippen molar-refractivity contribution in [2.45, 2.75) is 30.8 Å². The summed E-state index contributed by atoms with van der Waals surface area (Å²) in [6.45, 7) is 0.462. The maximum atomic E-state index is 12.7. The summed E-state index contributed by atoms with van der Waals surface area (Å²) >= 11 is 7.17. The first-order valence-electron chi connectivity index (χ1n) is 9.30. The summed E-state index contributed by atoms with van der Waals surface area (Å²) in [6, 6.07) is 10.8. The Balaban J connectivity index is 1.49. The van der Waals surface area contributed by atoms with Crippen LogP contribution in [0, 0.1) is 0 Å². The Kier molecular flexibility index (Phi) is 5.97. The number of aromatic nitrogens is 3. The number of halogens is 1. The zero-order valence-corrected chi connectivity index (χ0v) is 17.2. The Morgan fingerprint density at radius 1 is 1.21 bits per heavy atom. The van der Waals surface area contributed by atoms with Gasteiger partial charge in [0, 0.05) is 34.4 Å². The lowest BCUT2D eigenvalue weighted by Gasteiger charge is -2.14. The van der Waals surface area contributed by atoms with Gasteiger partial charge in [-0.3, -0.25) is 14.3 Å². The molecule has 0 fully saturated rings. The van der Waals surface area contributed by atoms with E-state index < -0.39 is 0 Å². The van der Waals surface area contributed by atoms with Crippen molar-refractivity contribution in [3.05, 3.63) is 81.1 Å². The molecule has 4 rings (SSSR count). The first-order valence-corrected chi connectivity index (χ1v) is 10.7. The van der Waals surface area contributed by atoms with Crippen molar-refractivity contribution in [3.8, 4) is 0 Å². The van der Waals surface area contributed by atoms with Crippen LogP contribution in [0.25, 0.3) is 0 Å². The average molecular weight is 427 g/mol. The normalized spacial score (nSPS) is 12.6. The van der Waals surface area contributed by atoms with E-state index in [1.165, 1.54) is 11.8 Å². The molecule has 0 spiro atoms. The van der Waals surface area contributed by atoms with Gasteiger partial charge in [0.25, 0.3) is 0 Å². The number of anilines is 1. The molecule has 1 N–H and O–H groups in total. The molecular weight excluding hydrogens is 408 g/mol. The van der Waals surface area contributed by atoms with E-state index in [-0.39, 0.29) is 17.3 Å². The largest absolute Gasteiger partial charge is 0.349 e. The molecule has 8 heteroatoms. The van der Waals surface area contributed by atoms with Crippen LogP contribution >= 0.6 is 23.4 Å². The van der Waals surface area contributed by atoms with Crippen LogP contribution in [0.3, 0.4) is 0 Å². The Hall–Kier alpha value is -2.64. The quantitative estimate of drug-likeness (QED) is 0.481. The summed E-state index contributed by atoms with van der Waals surface area (Å²) < 4.78 is 1.73. The van der Waals surface area contributed by atoms with Crippen molar-refractivity contribution >= 4 is 35.0 Å². The number of rotatable bonds is 6. The highest BCUT2D eigenvalue weighted by molar-refractivity contribution is 8.00. The molecule has 3 aromatic rings. The van der Waals surface area contributed by atoms with Gasteiger partial charge in [-0.05, 0) is 55.2 Å². The molecule has 0 saturated heterocycles. The summed E-state index contributed by atoms with van der Waals surface area (Å²) in [5.41, 5.74) is 3.47. The fraction of sp³-hybridized carbons (Fsp3) is 0.238. The monoisotopic (exact) mass is 426 g/mol. The smallest absolute Gasteiger partial charge is 0.325 e. The van der Waals surface area contributed by atoms with Crippen LogP contribution in [0.2, 0.25) is 5.02 Å². The molecule has 6 nitrogen and oxygen atoms in total. The number of carbonyl (C=O) groups excluding carboxylic acids is 1. The van der Waals surface area contributed by atoms with Crippen LogP contribution in [0.5, 0.6) is 0 Å². The number of nitrogens with one attached hydrogen (secondary N) is 1. The molecule has 29 heavy (non-hydrogen) atoms. The Morgan fingerprint density at radius 2 is 2.03 bits per heavy atom. The summed E-state index contributed by atoms with van der Waals surface area (Å²) in [5.74, 6) is 0.0408. The highest BCUT2D eigenvalue weighted by Gasteiger charge is 2.22. The van der Waals surface area contributed by atoms with Gasteiger partial charge in [0.1, 0.15) is 5.03 Å². The molecule has 0 bridgehead atoms. The van der Waals surface area contributed by atoms with Gasteiger partial charge in [-0.15, -0.1) is 0 Å². The van der Waals surface area contributed by atoms with E-state index in [9.17, 15) is 9.59 Å². The second-order valence-electron chi connectivity index (χ2n) is 6.77. The van der Waals surface area contributed by atoms with Crippen molar-refractivity contribution < 1.29 is 4.79 Å². The summed E-state index contributed by atoms with van der Waals surface area (Å²) in [7, 11) is 0. The minimum absolute atomic E-state index is 0.148. The maximum Gasteiger partial charge on any atom is 0.349 e. The molecule has 1 amide bonds. The number of pyridine rings is 1. The molecule has 0 unspecified atom stereocenters. The van der Waals surface area contributed by atoms with Crippen molar-refractivity contribution in [2.24, 2.45) is 0 Å². The fourth-order valence-corrected chi connectivity index (χ4v) is 4.41. The van der Waals surface area contributed by atoms with Crippen LogP contribution in [-0.4, -0.2) is 26.2 Å². The van der Waals surface area contributed by atoms with Crippen molar-refractivity contribution in [3.63, 3.8) is 0 Å². The van der Waals surface area contributed by atoms with Gasteiger partial charge in [0.05, 0.1) is 12.3 Å². The van der Waals surface area contributed by atoms with Gasteiger partial charge >= 0.3 is 5.69 Å². The van der Waals surface area contributed by atoms with Gasteiger partial charge in [-0.2, -0.15) is 4.98 Å². The molecule has 1 aliphatic carbocycles. The summed E-state index contributed by atoms with van der Waals surface area (Å²) in [4.78, 5) is 33.4. The number of nitrogens with zero attached hydrogens (tertiary/aromatic N) is 3. The highest BCUT2D eigenvalue weighted by atomic mass is 35.5. The molecule has 1 aliphatic rings. The van der Waals surface area contributed by atoms with E-state index >= 15 is 0 Å². The van der Waals surface area contributed by atoms with E-state index in [0.717, 1.165) is 36.1 Å². The molecule has 0 atom stereocenters. The Morgan fingerprint density at radius 3 is 2.79 bits per heavy atom. The third-order valence-electron chi connectivity index (χ3n) is 4.73. The molecule has 2 heterocycles.